The van der Waals surface area contributed by atoms with Crippen molar-refractivity contribution in [2.24, 2.45) is 0 Å². The summed E-state index contributed by atoms with van der Waals surface area (Å²) in [4.78, 5) is 12.1. The van der Waals surface area contributed by atoms with Crippen LogP contribution < -0.4 is 10.6 Å². The van der Waals surface area contributed by atoms with Gasteiger partial charge in [0.05, 0.1) is 0 Å². The lowest BCUT2D eigenvalue weighted by Gasteiger charge is -2.06. The summed E-state index contributed by atoms with van der Waals surface area (Å²) in [6.07, 6.45) is 2.09. The van der Waals surface area contributed by atoms with Crippen LogP contribution in [0.5, 0.6) is 0 Å². The maximum atomic E-state index is 12.1. The molecule has 6 heteroatoms. The summed E-state index contributed by atoms with van der Waals surface area (Å²) in [5, 5.41) is 16.0. The van der Waals surface area contributed by atoms with Crippen LogP contribution >= 0.6 is 23.2 Å². The highest BCUT2D eigenvalue weighted by Crippen LogP contribution is 2.15. The van der Waals surface area contributed by atoms with Crippen molar-refractivity contribution < 1.29 is 4.79 Å². The van der Waals surface area contributed by atoms with E-state index in [9.17, 15) is 4.79 Å². The van der Waals surface area contributed by atoms with Crippen LogP contribution in [-0.2, 0) is 11.2 Å². The molecule has 2 aromatic rings. The zero-order valence-corrected chi connectivity index (χ0v) is 14.2. The fourth-order valence-corrected chi connectivity index (χ4v) is 2.32. The second kappa shape index (κ2) is 8.97. The predicted octanol–water partition coefficient (Wildman–Crippen LogP) is 4.17. The third-order valence-electron chi connectivity index (χ3n) is 3.21. The number of nitriles is 1. The first-order valence-electron chi connectivity index (χ1n) is 7.24. The Morgan fingerprint density at radius 1 is 1.12 bits per heavy atom. The Labute approximate surface area is 150 Å². The van der Waals surface area contributed by atoms with E-state index in [1.165, 1.54) is 6.20 Å². The molecule has 2 rings (SSSR count). The van der Waals surface area contributed by atoms with Crippen molar-refractivity contribution >= 4 is 34.8 Å². The normalized spacial score (nSPS) is 10.8. The fraction of sp³-hybridized carbons (Fsp3) is 0.111. The fourth-order valence-electron chi connectivity index (χ4n) is 1.96. The van der Waals surface area contributed by atoms with Crippen molar-refractivity contribution in [3.05, 3.63) is 75.9 Å². The molecule has 0 aliphatic heterocycles. The number of rotatable bonds is 6. The van der Waals surface area contributed by atoms with E-state index in [1.54, 1.807) is 24.3 Å². The van der Waals surface area contributed by atoms with Crippen LogP contribution in [0.2, 0.25) is 10.0 Å². The van der Waals surface area contributed by atoms with E-state index < -0.39 is 5.91 Å². The molecule has 0 heterocycles. The van der Waals surface area contributed by atoms with Crippen LogP contribution in [0.15, 0.2) is 60.3 Å². The zero-order chi connectivity index (χ0) is 17.4. The molecule has 0 atom stereocenters. The first-order valence-corrected chi connectivity index (χ1v) is 7.99. The van der Waals surface area contributed by atoms with Gasteiger partial charge >= 0.3 is 0 Å². The Bertz CT molecular complexity index is 780. The number of hydrogen-bond acceptors (Lipinski definition) is 3. The van der Waals surface area contributed by atoms with Crippen LogP contribution in [0.4, 0.5) is 5.69 Å². The van der Waals surface area contributed by atoms with Gasteiger partial charge in [-0.1, -0.05) is 41.4 Å². The lowest BCUT2D eigenvalue weighted by molar-refractivity contribution is -0.112. The van der Waals surface area contributed by atoms with Gasteiger partial charge in [-0.05, 0) is 42.3 Å². The van der Waals surface area contributed by atoms with Crippen molar-refractivity contribution in [3.8, 4) is 6.07 Å². The number of benzene rings is 2. The van der Waals surface area contributed by atoms with Gasteiger partial charge in [0.1, 0.15) is 11.6 Å². The largest absolute Gasteiger partial charge is 0.389 e. The lowest BCUT2D eigenvalue weighted by atomic mass is 10.1. The highest BCUT2D eigenvalue weighted by atomic mass is 35.5. The molecule has 0 unspecified atom stereocenters. The minimum atomic E-state index is -0.481. The minimum absolute atomic E-state index is 0.0101. The smallest absolute Gasteiger partial charge is 0.267 e. The van der Waals surface area contributed by atoms with Crippen LogP contribution in [0.25, 0.3) is 0 Å². The second-order valence-corrected chi connectivity index (χ2v) is 5.77. The molecule has 0 aliphatic carbocycles. The Morgan fingerprint density at radius 3 is 2.50 bits per heavy atom. The van der Waals surface area contributed by atoms with Crippen LogP contribution in [0, 0.1) is 11.3 Å². The van der Waals surface area contributed by atoms with Gasteiger partial charge in [0.2, 0.25) is 0 Å². The molecule has 0 spiro atoms. The number of nitrogens with one attached hydrogen (secondary N) is 2. The van der Waals surface area contributed by atoms with E-state index in [0.717, 1.165) is 5.56 Å². The van der Waals surface area contributed by atoms with E-state index >= 15 is 0 Å². The number of amides is 1. The van der Waals surface area contributed by atoms with Gasteiger partial charge in [-0.2, -0.15) is 5.26 Å². The molecule has 4 nitrogen and oxygen atoms in total. The summed E-state index contributed by atoms with van der Waals surface area (Å²) < 4.78 is 0. The molecule has 24 heavy (non-hydrogen) atoms. The maximum absolute atomic E-state index is 12.1. The zero-order valence-electron chi connectivity index (χ0n) is 12.7. The first kappa shape index (κ1) is 17.9. The summed E-state index contributed by atoms with van der Waals surface area (Å²) in [5.41, 5.74) is 1.56. The highest BCUT2D eigenvalue weighted by molar-refractivity contribution is 6.31. The quantitative estimate of drug-likeness (QED) is 0.462. The number of carbonyl (C=O) groups is 1. The molecule has 0 saturated heterocycles. The van der Waals surface area contributed by atoms with Gasteiger partial charge in [0.15, 0.2) is 0 Å². The molecule has 0 aliphatic rings. The van der Waals surface area contributed by atoms with Crippen LogP contribution in [0.1, 0.15) is 5.56 Å². The molecule has 2 N–H and O–H groups in total. The monoisotopic (exact) mass is 359 g/mol. The van der Waals surface area contributed by atoms with E-state index in [0.29, 0.717) is 28.7 Å². The van der Waals surface area contributed by atoms with E-state index in [2.05, 4.69) is 10.6 Å². The standard InChI is InChI=1S/C18H15Cl2N3O/c19-15-5-7-16(8-6-15)23-18(24)14(11-21)12-22-10-9-13-3-1-2-4-17(13)20/h1-8,12,22H,9-10H2,(H,23,24)/b14-12-. The summed E-state index contributed by atoms with van der Waals surface area (Å²) in [7, 11) is 0. The number of carbonyl (C=O) groups excluding carboxylic acids is 1. The summed E-state index contributed by atoms with van der Waals surface area (Å²) in [6.45, 7) is 0.559. The average Bonchev–Trinajstić information content (AvgIpc) is 2.58. The van der Waals surface area contributed by atoms with Gasteiger partial charge in [-0.15, -0.1) is 0 Å². The van der Waals surface area contributed by atoms with Crippen LogP contribution in [0.3, 0.4) is 0 Å². The molecule has 122 valence electrons. The van der Waals surface area contributed by atoms with E-state index in [1.807, 2.05) is 30.3 Å². The number of nitrogens with zero attached hydrogens (tertiary/aromatic N) is 1. The van der Waals surface area contributed by atoms with E-state index in [-0.39, 0.29) is 5.57 Å². The summed E-state index contributed by atoms with van der Waals surface area (Å²) in [5.74, 6) is -0.481. The molecule has 0 fully saturated rings. The minimum Gasteiger partial charge on any atom is -0.389 e. The molecule has 0 aromatic heterocycles. The van der Waals surface area contributed by atoms with Crippen LogP contribution in [-0.4, -0.2) is 12.5 Å². The third-order valence-corrected chi connectivity index (χ3v) is 3.83. The number of hydrogen-bond donors (Lipinski definition) is 2. The van der Waals surface area contributed by atoms with Gasteiger partial charge in [0.25, 0.3) is 5.91 Å². The Balaban J connectivity index is 1.89. The van der Waals surface area contributed by atoms with Crippen molar-refractivity contribution in [2.75, 3.05) is 11.9 Å². The van der Waals surface area contributed by atoms with Gasteiger partial charge in [-0.3, -0.25) is 4.79 Å². The summed E-state index contributed by atoms with van der Waals surface area (Å²) >= 11 is 11.9. The topological polar surface area (TPSA) is 64.9 Å². The first-order chi connectivity index (χ1) is 11.6. The SMILES string of the molecule is N#C/C(=C/NCCc1ccccc1Cl)C(=O)Nc1ccc(Cl)cc1. The Morgan fingerprint density at radius 2 is 1.83 bits per heavy atom. The van der Waals surface area contributed by atoms with Gasteiger partial charge in [-0.25, -0.2) is 0 Å². The van der Waals surface area contributed by atoms with Crippen molar-refractivity contribution in [1.82, 2.24) is 5.32 Å². The molecule has 0 saturated carbocycles. The number of anilines is 1. The predicted molar refractivity (Wildman–Crippen MR) is 96.9 cm³/mol. The van der Waals surface area contributed by atoms with Crippen molar-refractivity contribution in [3.63, 3.8) is 0 Å². The average molecular weight is 360 g/mol. The molecule has 0 bridgehead atoms. The van der Waals surface area contributed by atoms with Gasteiger partial charge < -0.3 is 10.6 Å². The third kappa shape index (κ3) is 5.31. The molecule has 2 aromatic carbocycles. The van der Waals surface area contributed by atoms with Crippen molar-refractivity contribution in [1.29, 1.82) is 5.26 Å². The molecular weight excluding hydrogens is 345 g/mol. The highest BCUT2D eigenvalue weighted by Gasteiger charge is 2.09. The summed E-state index contributed by atoms with van der Waals surface area (Å²) in [6, 6.07) is 16.1. The van der Waals surface area contributed by atoms with Crippen molar-refractivity contribution in [2.45, 2.75) is 6.42 Å². The Hall–Kier alpha value is -2.48. The number of halogens is 2. The molecular formula is C18H15Cl2N3O. The molecule has 1 amide bonds. The van der Waals surface area contributed by atoms with Gasteiger partial charge in [0, 0.05) is 28.5 Å². The second-order valence-electron chi connectivity index (χ2n) is 4.93. The van der Waals surface area contributed by atoms with E-state index in [4.69, 9.17) is 28.5 Å². The Kier molecular flexibility index (Phi) is 6.68. The lowest BCUT2D eigenvalue weighted by Crippen LogP contribution is -2.18. The maximum Gasteiger partial charge on any atom is 0.267 e. The molecule has 0 radical (unpaired) electrons.